The molecule has 92 valence electrons. The van der Waals surface area contributed by atoms with E-state index in [1.807, 2.05) is 17.8 Å². The van der Waals surface area contributed by atoms with E-state index < -0.39 is 5.97 Å². The first-order valence-corrected chi connectivity index (χ1v) is 7.33. The summed E-state index contributed by atoms with van der Waals surface area (Å²) in [4.78, 5) is 24.1. The lowest BCUT2D eigenvalue weighted by Crippen LogP contribution is -2.25. The van der Waals surface area contributed by atoms with E-state index in [0.717, 1.165) is 17.9 Å². The molecule has 0 spiro atoms. The van der Waals surface area contributed by atoms with Gasteiger partial charge in [0.25, 0.3) is 5.91 Å². The third kappa shape index (κ3) is 3.23. The zero-order valence-electron chi connectivity index (χ0n) is 9.19. The van der Waals surface area contributed by atoms with Crippen molar-refractivity contribution in [2.75, 3.05) is 12.3 Å². The van der Waals surface area contributed by atoms with Gasteiger partial charge in [-0.25, -0.2) is 0 Å². The number of aliphatic carboxylic acids is 1. The van der Waals surface area contributed by atoms with E-state index >= 15 is 0 Å². The van der Waals surface area contributed by atoms with Crippen LogP contribution in [0.1, 0.15) is 26.5 Å². The highest BCUT2D eigenvalue weighted by molar-refractivity contribution is 7.98. The molecule has 1 aliphatic heterocycles. The summed E-state index contributed by atoms with van der Waals surface area (Å²) in [7, 11) is 0. The molecule has 0 aromatic carbocycles. The van der Waals surface area contributed by atoms with Gasteiger partial charge in [0.05, 0.1) is 11.3 Å². The van der Waals surface area contributed by atoms with Crippen LogP contribution in [0.3, 0.4) is 0 Å². The van der Waals surface area contributed by atoms with Gasteiger partial charge in [-0.15, -0.1) is 11.3 Å². The van der Waals surface area contributed by atoms with Gasteiger partial charge in [-0.2, -0.15) is 11.8 Å². The predicted octanol–water partition coefficient (Wildman–Crippen LogP) is 1.74. The van der Waals surface area contributed by atoms with E-state index in [1.165, 1.54) is 21.8 Å². The lowest BCUT2D eigenvalue weighted by atomic mass is 10.2. The number of rotatable bonds is 4. The van der Waals surface area contributed by atoms with Crippen molar-refractivity contribution in [2.45, 2.75) is 18.6 Å². The van der Waals surface area contributed by atoms with Crippen molar-refractivity contribution in [3.8, 4) is 0 Å². The maximum atomic E-state index is 11.7. The lowest BCUT2D eigenvalue weighted by molar-refractivity contribution is -0.136. The predicted molar refractivity (Wildman–Crippen MR) is 68.8 cm³/mol. The number of carbonyl (C=O) groups is 2. The second kappa shape index (κ2) is 5.55. The maximum Gasteiger partial charge on any atom is 0.305 e. The van der Waals surface area contributed by atoms with E-state index in [1.54, 1.807) is 0 Å². The van der Waals surface area contributed by atoms with E-state index in [-0.39, 0.29) is 18.9 Å². The first-order valence-electron chi connectivity index (χ1n) is 5.36. The average Bonchev–Trinajstić information content (AvgIpc) is 2.71. The smallest absolute Gasteiger partial charge is 0.305 e. The lowest BCUT2D eigenvalue weighted by Gasteiger charge is -2.08. The second-order valence-electron chi connectivity index (χ2n) is 3.76. The number of hydrogen-bond donors (Lipinski definition) is 2. The van der Waals surface area contributed by atoms with Gasteiger partial charge in [0.2, 0.25) is 0 Å². The minimum atomic E-state index is -0.896. The fourth-order valence-corrected chi connectivity index (χ4v) is 3.92. The Labute approximate surface area is 107 Å². The normalized spacial score (nSPS) is 14.1. The number of amides is 1. The molecule has 0 unspecified atom stereocenters. The van der Waals surface area contributed by atoms with Crippen LogP contribution in [0.5, 0.6) is 0 Å². The Bertz CT molecular complexity index is 418. The van der Waals surface area contributed by atoms with Crippen molar-refractivity contribution in [3.05, 3.63) is 21.4 Å². The quantitative estimate of drug-likeness (QED) is 0.875. The van der Waals surface area contributed by atoms with Crippen LogP contribution in [0.25, 0.3) is 0 Å². The van der Waals surface area contributed by atoms with Gasteiger partial charge >= 0.3 is 5.97 Å². The van der Waals surface area contributed by atoms with E-state index in [4.69, 9.17) is 5.11 Å². The highest BCUT2D eigenvalue weighted by Gasteiger charge is 2.17. The first kappa shape index (κ1) is 12.4. The average molecular weight is 271 g/mol. The van der Waals surface area contributed by atoms with Gasteiger partial charge in [0.1, 0.15) is 0 Å². The summed E-state index contributed by atoms with van der Waals surface area (Å²) < 4.78 is 0. The molecule has 1 aromatic rings. The fourth-order valence-electron chi connectivity index (χ4n) is 1.63. The molecule has 4 nitrogen and oxygen atoms in total. The second-order valence-corrected chi connectivity index (χ2v) is 6.00. The molecule has 17 heavy (non-hydrogen) atoms. The van der Waals surface area contributed by atoms with Crippen LogP contribution in [0.4, 0.5) is 0 Å². The molecular formula is C11H13NO3S2. The molecule has 0 bridgehead atoms. The Morgan fingerprint density at radius 1 is 1.47 bits per heavy atom. The summed E-state index contributed by atoms with van der Waals surface area (Å²) in [6, 6.07) is 1.93. The summed E-state index contributed by atoms with van der Waals surface area (Å²) in [6.07, 6.45) is 1.000. The van der Waals surface area contributed by atoms with Crippen LogP contribution < -0.4 is 5.32 Å². The van der Waals surface area contributed by atoms with E-state index in [9.17, 15) is 9.59 Å². The SMILES string of the molecule is O=C(O)CCNC(=O)c1cc2c(s1)CCSC2. The van der Waals surface area contributed by atoms with Gasteiger partial charge in [0, 0.05) is 17.2 Å². The first-order chi connectivity index (χ1) is 8.16. The monoisotopic (exact) mass is 271 g/mol. The number of hydrogen-bond acceptors (Lipinski definition) is 4. The summed E-state index contributed by atoms with van der Waals surface area (Å²) >= 11 is 3.41. The van der Waals surface area contributed by atoms with Crippen molar-refractivity contribution < 1.29 is 14.7 Å². The standard InChI is InChI=1S/C11H13NO3S2/c13-10(14)1-3-12-11(15)9-5-7-6-16-4-2-8(7)17-9/h5H,1-4,6H2,(H,12,15)(H,13,14). The number of thiophene rings is 1. The van der Waals surface area contributed by atoms with Gasteiger partial charge in [0.15, 0.2) is 0 Å². The minimum Gasteiger partial charge on any atom is -0.481 e. The number of aryl methyl sites for hydroxylation is 1. The molecule has 2 heterocycles. The Balaban J connectivity index is 1.95. The van der Waals surface area contributed by atoms with Crippen LogP contribution in [0.15, 0.2) is 6.07 Å². The Hall–Kier alpha value is -1.01. The zero-order chi connectivity index (χ0) is 12.3. The maximum absolute atomic E-state index is 11.7. The van der Waals surface area contributed by atoms with Crippen molar-refractivity contribution in [1.29, 1.82) is 0 Å². The zero-order valence-corrected chi connectivity index (χ0v) is 10.8. The molecule has 0 saturated heterocycles. The minimum absolute atomic E-state index is 0.0350. The summed E-state index contributed by atoms with van der Waals surface area (Å²) in [5, 5.41) is 11.1. The summed E-state index contributed by atoms with van der Waals surface area (Å²) in [6.45, 7) is 0.186. The van der Waals surface area contributed by atoms with Crippen molar-refractivity contribution in [1.82, 2.24) is 5.32 Å². The molecule has 1 aromatic heterocycles. The topological polar surface area (TPSA) is 66.4 Å². The van der Waals surface area contributed by atoms with Gasteiger partial charge in [-0.3, -0.25) is 9.59 Å². The number of carboxylic acids is 1. The van der Waals surface area contributed by atoms with Crippen molar-refractivity contribution in [2.24, 2.45) is 0 Å². The number of nitrogens with one attached hydrogen (secondary N) is 1. The third-order valence-electron chi connectivity index (χ3n) is 2.48. The molecule has 2 N–H and O–H groups in total. The Morgan fingerprint density at radius 2 is 2.29 bits per heavy atom. The van der Waals surface area contributed by atoms with Crippen LogP contribution in [-0.4, -0.2) is 29.3 Å². The molecule has 0 radical (unpaired) electrons. The molecular weight excluding hydrogens is 258 g/mol. The molecule has 0 fully saturated rings. The van der Waals surface area contributed by atoms with Crippen LogP contribution >= 0.6 is 23.1 Å². The summed E-state index contributed by atoms with van der Waals surface area (Å²) in [5.74, 6) is 1.05. The van der Waals surface area contributed by atoms with E-state index in [2.05, 4.69) is 5.32 Å². The van der Waals surface area contributed by atoms with Gasteiger partial charge in [-0.05, 0) is 23.8 Å². The molecule has 6 heteroatoms. The molecule has 2 rings (SSSR count). The third-order valence-corrected chi connectivity index (χ3v) is 4.72. The largest absolute Gasteiger partial charge is 0.481 e. The molecule has 0 aliphatic carbocycles. The molecule has 0 saturated carbocycles. The summed E-state index contributed by atoms with van der Waals surface area (Å²) in [5.41, 5.74) is 1.26. The number of carbonyl (C=O) groups excluding carboxylic acids is 1. The number of thioether (sulfide) groups is 1. The van der Waals surface area contributed by atoms with Crippen molar-refractivity contribution in [3.63, 3.8) is 0 Å². The number of fused-ring (bicyclic) bond motifs is 1. The molecule has 1 aliphatic rings. The van der Waals surface area contributed by atoms with Crippen LogP contribution in [-0.2, 0) is 17.0 Å². The van der Waals surface area contributed by atoms with Gasteiger partial charge < -0.3 is 10.4 Å². The molecule has 1 amide bonds. The fraction of sp³-hybridized carbons (Fsp3) is 0.455. The Kier molecular flexibility index (Phi) is 4.06. The highest BCUT2D eigenvalue weighted by atomic mass is 32.2. The number of carboxylic acid groups (broad SMARTS) is 1. The van der Waals surface area contributed by atoms with Crippen LogP contribution in [0, 0.1) is 0 Å². The molecule has 0 atom stereocenters. The van der Waals surface area contributed by atoms with Gasteiger partial charge in [-0.1, -0.05) is 0 Å². The van der Waals surface area contributed by atoms with Crippen LogP contribution in [0.2, 0.25) is 0 Å². The highest BCUT2D eigenvalue weighted by Crippen LogP contribution is 2.31. The Morgan fingerprint density at radius 3 is 3.00 bits per heavy atom. The van der Waals surface area contributed by atoms with E-state index in [0.29, 0.717) is 4.88 Å². The van der Waals surface area contributed by atoms with Crippen molar-refractivity contribution >= 4 is 35.0 Å².